The van der Waals surface area contributed by atoms with Crippen LogP contribution in [0.1, 0.15) is 26.7 Å². The summed E-state index contributed by atoms with van der Waals surface area (Å²) >= 11 is 0. The molecule has 1 aliphatic rings. The van der Waals surface area contributed by atoms with Gasteiger partial charge in [0.15, 0.2) is 0 Å². The van der Waals surface area contributed by atoms with Crippen LogP contribution < -0.4 is 5.73 Å². The highest BCUT2D eigenvalue weighted by Crippen LogP contribution is 2.18. The molecular weight excluding hydrogens is 176 g/mol. The lowest BCUT2D eigenvalue weighted by Crippen LogP contribution is -2.53. The van der Waals surface area contributed by atoms with Crippen LogP contribution in [0.15, 0.2) is 0 Å². The Bertz CT molecular complexity index is 165. The molecule has 0 saturated carbocycles. The van der Waals surface area contributed by atoms with E-state index in [0.29, 0.717) is 5.92 Å². The molecule has 1 saturated heterocycles. The van der Waals surface area contributed by atoms with Crippen molar-refractivity contribution in [3.63, 3.8) is 0 Å². The highest BCUT2D eigenvalue weighted by Gasteiger charge is 2.29. The third-order valence-electron chi connectivity index (χ3n) is 2.75. The van der Waals surface area contributed by atoms with Gasteiger partial charge in [0.05, 0.1) is 0 Å². The van der Waals surface area contributed by atoms with Gasteiger partial charge in [-0.15, -0.1) is 0 Å². The smallest absolute Gasteiger partial charge is 0.0484 e. The lowest BCUT2D eigenvalue weighted by Gasteiger charge is -2.37. The van der Waals surface area contributed by atoms with Crippen LogP contribution in [0, 0.1) is 5.92 Å². The van der Waals surface area contributed by atoms with E-state index < -0.39 is 0 Å². The molecule has 0 aromatic heterocycles. The molecule has 0 aromatic rings. The summed E-state index contributed by atoms with van der Waals surface area (Å²) < 4.78 is 5.33. The Morgan fingerprint density at radius 2 is 1.93 bits per heavy atom. The molecule has 14 heavy (non-hydrogen) atoms. The van der Waals surface area contributed by atoms with E-state index in [1.165, 1.54) is 0 Å². The van der Waals surface area contributed by atoms with E-state index in [2.05, 4.69) is 25.8 Å². The van der Waals surface area contributed by atoms with Crippen molar-refractivity contribution in [2.24, 2.45) is 11.7 Å². The Balaban J connectivity index is 2.33. The Hall–Kier alpha value is -0.120. The molecule has 0 bridgehead atoms. The fraction of sp³-hybridized carbons (Fsp3) is 1.00. The lowest BCUT2D eigenvalue weighted by molar-refractivity contribution is 0.0399. The third kappa shape index (κ3) is 3.95. The van der Waals surface area contributed by atoms with Gasteiger partial charge in [-0.1, -0.05) is 13.8 Å². The minimum atomic E-state index is -0.0120. The molecule has 0 unspecified atom stereocenters. The number of likely N-dealkylation sites (N-methyl/N-ethyl adjacent to an activating group) is 1. The third-order valence-corrected chi connectivity index (χ3v) is 2.75. The van der Waals surface area contributed by atoms with Crippen LogP contribution in [0.2, 0.25) is 0 Å². The van der Waals surface area contributed by atoms with Crippen LogP contribution in [0.5, 0.6) is 0 Å². The predicted octanol–water partition coefficient (Wildman–Crippen LogP) is 1.08. The van der Waals surface area contributed by atoms with Crippen molar-refractivity contribution in [1.29, 1.82) is 0 Å². The van der Waals surface area contributed by atoms with Crippen molar-refractivity contribution in [2.45, 2.75) is 32.2 Å². The van der Waals surface area contributed by atoms with Gasteiger partial charge in [-0.2, -0.15) is 0 Å². The Kier molecular flexibility index (Phi) is 4.35. The number of hydrogen-bond donors (Lipinski definition) is 1. The normalized spacial score (nSPS) is 21.9. The average Bonchev–Trinajstić information content (AvgIpc) is 2.02. The van der Waals surface area contributed by atoms with Gasteiger partial charge in [0.1, 0.15) is 0 Å². The molecule has 1 fully saturated rings. The largest absolute Gasteiger partial charge is 0.381 e. The molecule has 0 radical (unpaired) electrons. The molecule has 0 atom stereocenters. The molecule has 3 nitrogen and oxygen atoms in total. The van der Waals surface area contributed by atoms with Gasteiger partial charge in [-0.05, 0) is 25.8 Å². The van der Waals surface area contributed by atoms with Crippen molar-refractivity contribution < 1.29 is 4.74 Å². The Morgan fingerprint density at radius 3 is 2.43 bits per heavy atom. The summed E-state index contributed by atoms with van der Waals surface area (Å²) in [5, 5.41) is 0. The zero-order valence-electron chi connectivity index (χ0n) is 9.75. The van der Waals surface area contributed by atoms with E-state index in [1.54, 1.807) is 0 Å². The molecule has 0 aromatic carbocycles. The molecule has 2 N–H and O–H groups in total. The van der Waals surface area contributed by atoms with E-state index in [4.69, 9.17) is 10.5 Å². The zero-order valence-corrected chi connectivity index (χ0v) is 9.75. The summed E-state index contributed by atoms with van der Waals surface area (Å²) in [4.78, 5) is 2.34. The second-order valence-corrected chi connectivity index (χ2v) is 5.07. The van der Waals surface area contributed by atoms with Crippen LogP contribution in [0.3, 0.4) is 0 Å². The minimum absolute atomic E-state index is 0.0120. The van der Waals surface area contributed by atoms with Crippen molar-refractivity contribution in [3.8, 4) is 0 Å². The number of rotatable bonds is 4. The first-order valence-electron chi connectivity index (χ1n) is 5.57. The van der Waals surface area contributed by atoms with Gasteiger partial charge >= 0.3 is 0 Å². The fourth-order valence-corrected chi connectivity index (χ4v) is 2.16. The van der Waals surface area contributed by atoms with Crippen LogP contribution in [-0.4, -0.2) is 43.8 Å². The van der Waals surface area contributed by atoms with Crippen LogP contribution in [-0.2, 0) is 4.74 Å². The van der Waals surface area contributed by atoms with E-state index in [9.17, 15) is 0 Å². The second-order valence-electron chi connectivity index (χ2n) is 5.07. The van der Waals surface area contributed by atoms with Crippen molar-refractivity contribution in [3.05, 3.63) is 0 Å². The highest BCUT2D eigenvalue weighted by atomic mass is 16.5. The summed E-state index contributed by atoms with van der Waals surface area (Å²) in [6.07, 6.45) is 1.99. The van der Waals surface area contributed by atoms with Crippen molar-refractivity contribution in [2.75, 3.05) is 33.4 Å². The molecule has 84 valence electrons. The first-order chi connectivity index (χ1) is 6.52. The predicted molar refractivity (Wildman–Crippen MR) is 59.3 cm³/mol. The van der Waals surface area contributed by atoms with Gasteiger partial charge in [-0.25, -0.2) is 0 Å². The monoisotopic (exact) mass is 200 g/mol. The quantitative estimate of drug-likeness (QED) is 0.738. The standard InChI is InChI=1S/C11H24N2O/c1-10(2)8-13(3)9-11(12)4-6-14-7-5-11/h10H,4-9,12H2,1-3H3. The maximum atomic E-state index is 6.31. The molecule has 1 rings (SSSR count). The fourth-order valence-electron chi connectivity index (χ4n) is 2.16. The topological polar surface area (TPSA) is 38.5 Å². The lowest BCUT2D eigenvalue weighted by atomic mass is 9.90. The number of hydrogen-bond acceptors (Lipinski definition) is 3. The molecule has 3 heteroatoms. The average molecular weight is 200 g/mol. The molecule has 0 aliphatic carbocycles. The molecule has 1 aliphatic heterocycles. The summed E-state index contributed by atoms with van der Waals surface area (Å²) in [5.41, 5.74) is 6.30. The van der Waals surface area contributed by atoms with Gasteiger partial charge in [0.25, 0.3) is 0 Å². The number of nitrogens with zero attached hydrogens (tertiary/aromatic N) is 1. The summed E-state index contributed by atoms with van der Waals surface area (Å²) in [6, 6.07) is 0. The number of ether oxygens (including phenoxy) is 1. The Morgan fingerprint density at radius 1 is 1.36 bits per heavy atom. The van der Waals surface area contributed by atoms with Gasteiger partial charge in [0.2, 0.25) is 0 Å². The molecule has 1 heterocycles. The summed E-state index contributed by atoms with van der Waals surface area (Å²) in [7, 11) is 2.16. The van der Waals surface area contributed by atoms with Crippen LogP contribution in [0.4, 0.5) is 0 Å². The van der Waals surface area contributed by atoms with Gasteiger partial charge < -0.3 is 15.4 Å². The van der Waals surface area contributed by atoms with Crippen molar-refractivity contribution >= 4 is 0 Å². The Labute approximate surface area is 87.6 Å². The zero-order chi connectivity index (χ0) is 10.6. The summed E-state index contributed by atoms with van der Waals surface area (Å²) in [6.45, 7) is 8.25. The van der Waals surface area contributed by atoms with E-state index in [1.807, 2.05) is 0 Å². The number of nitrogens with two attached hydrogens (primary N) is 1. The van der Waals surface area contributed by atoms with Crippen molar-refractivity contribution in [1.82, 2.24) is 4.90 Å². The van der Waals surface area contributed by atoms with Gasteiger partial charge in [-0.3, -0.25) is 0 Å². The molecule has 0 spiro atoms. The van der Waals surface area contributed by atoms with E-state index in [-0.39, 0.29) is 5.54 Å². The van der Waals surface area contributed by atoms with E-state index >= 15 is 0 Å². The maximum absolute atomic E-state index is 6.31. The van der Waals surface area contributed by atoms with Crippen LogP contribution in [0.25, 0.3) is 0 Å². The maximum Gasteiger partial charge on any atom is 0.0484 e. The molecular formula is C11H24N2O. The van der Waals surface area contributed by atoms with Crippen LogP contribution >= 0.6 is 0 Å². The molecule has 0 amide bonds. The van der Waals surface area contributed by atoms with E-state index in [0.717, 1.165) is 39.1 Å². The highest BCUT2D eigenvalue weighted by molar-refractivity contribution is 4.89. The second kappa shape index (κ2) is 5.10. The SMILES string of the molecule is CC(C)CN(C)CC1(N)CCOCC1. The minimum Gasteiger partial charge on any atom is -0.381 e. The first-order valence-corrected chi connectivity index (χ1v) is 5.57. The van der Waals surface area contributed by atoms with Gasteiger partial charge in [0, 0.05) is 31.8 Å². The first kappa shape index (κ1) is 12.0. The summed E-state index contributed by atoms with van der Waals surface area (Å²) in [5.74, 6) is 0.712.